The van der Waals surface area contributed by atoms with E-state index in [1.165, 1.54) is 11.3 Å². The topological polar surface area (TPSA) is 40.5 Å². The molecule has 0 aliphatic heterocycles. The normalized spacial score (nSPS) is 12.2. The minimum atomic E-state index is -0.102. The van der Waals surface area contributed by atoms with E-state index in [0.717, 1.165) is 16.0 Å². The summed E-state index contributed by atoms with van der Waals surface area (Å²) in [6.45, 7) is 2.00. The first-order valence-corrected chi connectivity index (χ1v) is 7.50. The second-order valence-electron chi connectivity index (χ2n) is 4.79. The number of thiophene rings is 1. The number of aliphatic hydroxyl groups is 1. The third-order valence-corrected chi connectivity index (χ3v) is 4.44. The third kappa shape index (κ3) is 3.08. The zero-order chi connectivity index (χ0) is 14.5. The predicted octanol–water partition coefficient (Wildman–Crippen LogP) is 3.25. The van der Waals surface area contributed by atoms with Crippen molar-refractivity contribution in [2.45, 2.75) is 19.4 Å². The smallest absolute Gasteiger partial charge is 0.264 e. The molecule has 0 aliphatic rings. The molecule has 1 N–H and O–H groups in total. The van der Waals surface area contributed by atoms with E-state index in [9.17, 15) is 9.90 Å². The van der Waals surface area contributed by atoms with Crippen molar-refractivity contribution in [1.82, 2.24) is 4.90 Å². The molecule has 0 saturated carbocycles. The van der Waals surface area contributed by atoms with Crippen molar-refractivity contribution in [2.75, 3.05) is 13.7 Å². The largest absolute Gasteiger partial charge is 0.396 e. The second kappa shape index (κ2) is 6.68. The fourth-order valence-electron chi connectivity index (χ4n) is 2.27. The molecule has 1 atom stereocenters. The maximum absolute atomic E-state index is 12.6. The van der Waals surface area contributed by atoms with Gasteiger partial charge in [-0.1, -0.05) is 30.3 Å². The lowest BCUT2D eigenvalue weighted by Gasteiger charge is -2.28. The summed E-state index contributed by atoms with van der Waals surface area (Å²) in [6.07, 6.45) is 0.538. The van der Waals surface area contributed by atoms with Crippen molar-refractivity contribution in [2.24, 2.45) is 0 Å². The Hall–Kier alpha value is -1.65. The van der Waals surface area contributed by atoms with Crippen LogP contribution in [0.1, 0.15) is 33.3 Å². The van der Waals surface area contributed by atoms with E-state index >= 15 is 0 Å². The fourth-order valence-corrected chi connectivity index (χ4v) is 3.18. The van der Waals surface area contributed by atoms with Crippen LogP contribution in [0.15, 0.2) is 41.8 Å². The molecule has 106 valence electrons. The first-order chi connectivity index (χ1) is 9.65. The molecule has 0 bridgehead atoms. The summed E-state index contributed by atoms with van der Waals surface area (Å²) >= 11 is 1.46. The lowest BCUT2D eigenvalue weighted by Crippen LogP contribution is -2.31. The minimum Gasteiger partial charge on any atom is -0.396 e. The van der Waals surface area contributed by atoms with E-state index in [4.69, 9.17) is 0 Å². The van der Waals surface area contributed by atoms with Crippen LogP contribution in [0.2, 0.25) is 0 Å². The monoisotopic (exact) mass is 289 g/mol. The number of amides is 1. The molecule has 1 heterocycles. The van der Waals surface area contributed by atoms with Gasteiger partial charge in [-0.05, 0) is 35.9 Å². The summed E-state index contributed by atoms with van der Waals surface area (Å²) in [6, 6.07) is 11.7. The summed E-state index contributed by atoms with van der Waals surface area (Å²) in [7, 11) is 1.80. The third-order valence-electron chi connectivity index (χ3n) is 3.43. The summed E-state index contributed by atoms with van der Waals surface area (Å²) in [5.41, 5.74) is 2.05. The Labute approximate surface area is 123 Å². The number of nitrogens with zero attached hydrogens (tertiary/aromatic N) is 1. The molecule has 3 nitrogen and oxygen atoms in total. The maximum Gasteiger partial charge on any atom is 0.264 e. The maximum atomic E-state index is 12.6. The highest BCUT2D eigenvalue weighted by atomic mass is 32.1. The van der Waals surface area contributed by atoms with Gasteiger partial charge >= 0.3 is 0 Å². The molecule has 0 fully saturated rings. The predicted molar refractivity (Wildman–Crippen MR) is 82.0 cm³/mol. The molecular weight excluding hydrogens is 270 g/mol. The number of carbonyl (C=O) groups excluding carboxylic acids is 1. The van der Waals surface area contributed by atoms with Gasteiger partial charge in [0.25, 0.3) is 5.91 Å². The zero-order valence-corrected chi connectivity index (χ0v) is 12.6. The first kappa shape index (κ1) is 14.8. The van der Waals surface area contributed by atoms with Gasteiger partial charge in [-0.2, -0.15) is 0 Å². The number of carbonyl (C=O) groups is 1. The lowest BCUT2D eigenvalue weighted by molar-refractivity contribution is 0.0709. The van der Waals surface area contributed by atoms with Gasteiger partial charge in [-0.15, -0.1) is 11.3 Å². The van der Waals surface area contributed by atoms with Crippen molar-refractivity contribution in [3.8, 4) is 0 Å². The first-order valence-electron chi connectivity index (χ1n) is 6.62. The summed E-state index contributed by atoms with van der Waals surface area (Å²) in [5.74, 6) is 0.0137. The molecule has 1 amide bonds. The Bertz CT molecular complexity index is 565. The Balaban J connectivity index is 2.26. The van der Waals surface area contributed by atoms with Crippen LogP contribution in [0.25, 0.3) is 0 Å². The van der Waals surface area contributed by atoms with E-state index in [1.54, 1.807) is 11.9 Å². The molecule has 0 saturated heterocycles. The highest BCUT2D eigenvalue weighted by Gasteiger charge is 2.23. The molecule has 1 aromatic heterocycles. The van der Waals surface area contributed by atoms with Gasteiger partial charge in [0.2, 0.25) is 0 Å². The minimum absolute atomic E-state index is 0.0137. The zero-order valence-electron chi connectivity index (χ0n) is 11.7. The van der Waals surface area contributed by atoms with Gasteiger partial charge in [0.05, 0.1) is 10.9 Å². The standard InChI is InChI=1S/C16H19NO2S/c1-12-9-11-20-15(12)16(19)17(2)14(8-10-18)13-6-4-3-5-7-13/h3-7,9,11,14,18H,8,10H2,1-2H3. The Kier molecular flexibility index (Phi) is 4.93. The van der Waals surface area contributed by atoms with Gasteiger partial charge in [0.1, 0.15) is 0 Å². The highest BCUT2D eigenvalue weighted by molar-refractivity contribution is 7.12. The lowest BCUT2D eigenvalue weighted by atomic mass is 10.0. The van der Waals surface area contributed by atoms with Crippen LogP contribution in [0.4, 0.5) is 0 Å². The molecule has 0 spiro atoms. The Morgan fingerprint density at radius 2 is 2.00 bits per heavy atom. The van der Waals surface area contributed by atoms with Crippen LogP contribution in [-0.2, 0) is 0 Å². The molecule has 20 heavy (non-hydrogen) atoms. The quantitative estimate of drug-likeness (QED) is 0.918. The van der Waals surface area contributed by atoms with Gasteiger partial charge in [-0.25, -0.2) is 0 Å². The van der Waals surface area contributed by atoms with Crippen LogP contribution < -0.4 is 0 Å². The van der Waals surface area contributed by atoms with Crippen molar-refractivity contribution in [1.29, 1.82) is 0 Å². The average Bonchev–Trinajstić information content (AvgIpc) is 2.90. The molecule has 1 unspecified atom stereocenters. The van der Waals surface area contributed by atoms with E-state index in [1.807, 2.05) is 48.7 Å². The van der Waals surface area contributed by atoms with Crippen molar-refractivity contribution in [3.05, 3.63) is 57.8 Å². The van der Waals surface area contributed by atoms with E-state index in [0.29, 0.717) is 6.42 Å². The van der Waals surface area contributed by atoms with Gasteiger partial charge < -0.3 is 10.0 Å². The van der Waals surface area contributed by atoms with Gasteiger partial charge in [0, 0.05) is 13.7 Å². The van der Waals surface area contributed by atoms with Crippen molar-refractivity contribution in [3.63, 3.8) is 0 Å². The summed E-state index contributed by atoms with van der Waals surface area (Å²) < 4.78 is 0. The number of aryl methyl sites for hydroxylation is 1. The molecule has 2 aromatic rings. The van der Waals surface area contributed by atoms with Gasteiger partial charge in [0.15, 0.2) is 0 Å². The SMILES string of the molecule is Cc1ccsc1C(=O)N(C)C(CCO)c1ccccc1. The average molecular weight is 289 g/mol. The number of hydrogen-bond donors (Lipinski definition) is 1. The molecule has 4 heteroatoms. The Morgan fingerprint density at radius 3 is 2.55 bits per heavy atom. The fraction of sp³-hybridized carbons (Fsp3) is 0.312. The van der Waals surface area contributed by atoms with E-state index in [-0.39, 0.29) is 18.6 Å². The molecule has 0 aliphatic carbocycles. The number of rotatable bonds is 5. The summed E-state index contributed by atoms with van der Waals surface area (Å²) in [5, 5.41) is 11.2. The Morgan fingerprint density at radius 1 is 1.30 bits per heavy atom. The summed E-state index contributed by atoms with van der Waals surface area (Å²) in [4.78, 5) is 15.1. The molecular formula is C16H19NO2S. The number of aliphatic hydroxyl groups excluding tert-OH is 1. The van der Waals surface area contributed by atoms with Crippen LogP contribution in [0, 0.1) is 6.92 Å². The number of hydrogen-bond acceptors (Lipinski definition) is 3. The molecule has 1 aromatic carbocycles. The van der Waals surface area contributed by atoms with Crippen molar-refractivity contribution < 1.29 is 9.90 Å². The number of benzene rings is 1. The van der Waals surface area contributed by atoms with Crippen LogP contribution in [0.3, 0.4) is 0 Å². The van der Waals surface area contributed by atoms with Crippen LogP contribution >= 0.6 is 11.3 Å². The van der Waals surface area contributed by atoms with Crippen LogP contribution in [-0.4, -0.2) is 29.6 Å². The van der Waals surface area contributed by atoms with Crippen LogP contribution in [0.5, 0.6) is 0 Å². The van der Waals surface area contributed by atoms with E-state index < -0.39 is 0 Å². The second-order valence-corrected chi connectivity index (χ2v) is 5.70. The van der Waals surface area contributed by atoms with E-state index in [2.05, 4.69) is 0 Å². The van der Waals surface area contributed by atoms with Gasteiger partial charge in [-0.3, -0.25) is 4.79 Å². The molecule has 2 rings (SSSR count). The highest BCUT2D eigenvalue weighted by Crippen LogP contribution is 2.26. The van der Waals surface area contributed by atoms with Crippen molar-refractivity contribution >= 4 is 17.2 Å². The molecule has 0 radical (unpaired) electrons.